The highest BCUT2D eigenvalue weighted by atomic mass is 16.5. The monoisotopic (exact) mass is 214 g/mol. The van der Waals surface area contributed by atoms with Gasteiger partial charge in [0.2, 0.25) is 5.91 Å². The maximum absolute atomic E-state index is 11.6. The fourth-order valence-corrected chi connectivity index (χ4v) is 1.85. The van der Waals surface area contributed by atoms with Gasteiger partial charge < -0.3 is 15.4 Å². The number of ether oxygens (including phenoxy) is 1. The van der Waals surface area contributed by atoms with Crippen LogP contribution in [0.5, 0.6) is 0 Å². The Labute approximate surface area is 89.6 Å². The summed E-state index contributed by atoms with van der Waals surface area (Å²) >= 11 is 0. The lowest BCUT2D eigenvalue weighted by Gasteiger charge is -2.22. The Kier molecular flexibility index (Phi) is 3.34. The van der Waals surface area contributed by atoms with Crippen molar-refractivity contribution in [3.8, 4) is 0 Å². The fraction of sp³-hybridized carbons (Fsp3) is 0.800. The number of amides is 1. The number of methoxy groups -OCH3 is 1. The van der Waals surface area contributed by atoms with Crippen molar-refractivity contribution in [1.82, 2.24) is 4.90 Å². The summed E-state index contributed by atoms with van der Waals surface area (Å²) in [4.78, 5) is 24.7. The van der Waals surface area contributed by atoms with E-state index in [9.17, 15) is 9.59 Å². The highest BCUT2D eigenvalue weighted by molar-refractivity contribution is 5.84. The average molecular weight is 214 g/mol. The van der Waals surface area contributed by atoms with Gasteiger partial charge in [0.25, 0.3) is 0 Å². The second kappa shape index (κ2) is 4.18. The van der Waals surface area contributed by atoms with E-state index in [1.165, 1.54) is 7.11 Å². The van der Waals surface area contributed by atoms with Crippen LogP contribution in [-0.2, 0) is 14.3 Å². The van der Waals surface area contributed by atoms with Gasteiger partial charge in [-0.25, -0.2) is 0 Å². The van der Waals surface area contributed by atoms with Gasteiger partial charge >= 0.3 is 5.97 Å². The van der Waals surface area contributed by atoms with Gasteiger partial charge in [-0.2, -0.15) is 0 Å². The minimum Gasteiger partial charge on any atom is -0.469 e. The zero-order valence-corrected chi connectivity index (χ0v) is 9.45. The molecular formula is C10H18N2O3. The first kappa shape index (κ1) is 12.0. The predicted octanol–water partition coefficient (Wildman–Crippen LogP) is -0.255. The summed E-state index contributed by atoms with van der Waals surface area (Å²) in [6.07, 6.45) is 0.637. The van der Waals surface area contributed by atoms with E-state index < -0.39 is 11.5 Å². The third-order valence-corrected chi connectivity index (χ3v) is 2.85. The summed E-state index contributed by atoms with van der Waals surface area (Å²) < 4.78 is 4.72. The van der Waals surface area contributed by atoms with E-state index in [-0.39, 0.29) is 11.9 Å². The van der Waals surface area contributed by atoms with Gasteiger partial charge in [-0.05, 0) is 20.3 Å². The molecule has 0 bridgehead atoms. The number of likely N-dealkylation sites (tertiary alicyclic amines) is 1. The van der Waals surface area contributed by atoms with E-state index in [1.54, 1.807) is 11.8 Å². The van der Waals surface area contributed by atoms with E-state index in [0.717, 1.165) is 0 Å². The predicted molar refractivity (Wildman–Crippen MR) is 55.0 cm³/mol. The van der Waals surface area contributed by atoms with Gasteiger partial charge in [0.1, 0.15) is 0 Å². The van der Waals surface area contributed by atoms with Crippen molar-refractivity contribution in [2.75, 3.05) is 20.2 Å². The topological polar surface area (TPSA) is 72.6 Å². The van der Waals surface area contributed by atoms with E-state index in [1.807, 2.05) is 6.92 Å². The molecule has 86 valence electrons. The molecule has 0 radical (unpaired) electrons. The van der Waals surface area contributed by atoms with Crippen molar-refractivity contribution in [2.24, 2.45) is 11.1 Å². The summed E-state index contributed by atoms with van der Waals surface area (Å²) in [6, 6.07) is -0.509. The summed E-state index contributed by atoms with van der Waals surface area (Å²) in [7, 11) is 1.36. The lowest BCUT2D eigenvalue weighted by atomic mass is 9.90. The number of esters is 1. The maximum atomic E-state index is 11.6. The van der Waals surface area contributed by atoms with E-state index in [0.29, 0.717) is 19.5 Å². The molecule has 5 heteroatoms. The second-order valence-corrected chi connectivity index (χ2v) is 4.35. The van der Waals surface area contributed by atoms with Crippen LogP contribution in [0.1, 0.15) is 20.3 Å². The Morgan fingerprint density at radius 3 is 2.60 bits per heavy atom. The molecule has 0 spiro atoms. The SMILES string of the molecule is COC(=O)C1(C)CCN(C(=O)C(C)N)C1. The normalized spacial score (nSPS) is 27.6. The zero-order valence-electron chi connectivity index (χ0n) is 9.45. The molecule has 1 fully saturated rings. The Morgan fingerprint density at radius 1 is 1.53 bits per heavy atom. The standard InChI is InChI=1S/C10H18N2O3/c1-7(11)8(13)12-5-4-10(2,6-12)9(14)15-3/h7H,4-6,11H2,1-3H3. The molecule has 1 amide bonds. The van der Waals surface area contributed by atoms with Crippen LogP contribution < -0.4 is 5.73 Å². The minimum atomic E-state index is -0.570. The van der Waals surface area contributed by atoms with Crippen LogP contribution in [0, 0.1) is 5.41 Å². The molecule has 0 aliphatic carbocycles. The number of hydrogen-bond acceptors (Lipinski definition) is 4. The Bertz CT molecular complexity index is 278. The molecule has 2 unspecified atom stereocenters. The summed E-state index contributed by atoms with van der Waals surface area (Å²) in [6.45, 7) is 4.44. The Balaban J connectivity index is 2.66. The van der Waals surface area contributed by atoms with Crippen LogP contribution in [0.2, 0.25) is 0 Å². The maximum Gasteiger partial charge on any atom is 0.313 e. The molecular weight excluding hydrogens is 196 g/mol. The van der Waals surface area contributed by atoms with Crippen LogP contribution in [-0.4, -0.2) is 43.0 Å². The summed E-state index contributed by atoms with van der Waals surface area (Å²) in [5, 5.41) is 0. The molecule has 1 aliphatic rings. The van der Waals surface area contributed by atoms with Crippen molar-refractivity contribution in [3.63, 3.8) is 0 Å². The van der Waals surface area contributed by atoms with Crippen molar-refractivity contribution < 1.29 is 14.3 Å². The first-order chi connectivity index (χ1) is 6.90. The van der Waals surface area contributed by atoms with Crippen LogP contribution in [0.4, 0.5) is 0 Å². The van der Waals surface area contributed by atoms with Gasteiger partial charge in [-0.1, -0.05) is 0 Å². The van der Waals surface area contributed by atoms with Crippen LogP contribution in [0.3, 0.4) is 0 Å². The van der Waals surface area contributed by atoms with Crippen molar-refractivity contribution in [3.05, 3.63) is 0 Å². The number of rotatable bonds is 2. The van der Waals surface area contributed by atoms with Gasteiger partial charge in [0.15, 0.2) is 0 Å². The first-order valence-electron chi connectivity index (χ1n) is 5.03. The summed E-state index contributed by atoms with van der Waals surface area (Å²) in [5.41, 5.74) is 4.94. The van der Waals surface area contributed by atoms with Crippen molar-refractivity contribution in [1.29, 1.82) is 0 Å². The lowest BCUT2D eigenvalue weighted by molar-refractivity contribution is -0.151. The third kappa shape index (κ3) is 2.28. The van der Waals surface area contributed by atoms with Crippen LogP contribution in [0.15, 0.2) is 0 Å². The molecule has 0 saturated carbocycles. The van der Waals surface area contributed by atoms with Crippen molar-refractivity contribution in [2.45, 2.75) is 26.3 Å². The molecule has 2 N–H and O–H groups in total. The molecule has 5 nitrogen and oxygen atoms in total. The molecule has 1 heterocycles. The largest absolute Gasteiger partial charge is 0.469 e. The van der Waals surface area contributed by atoms with Gasteiger partial charge in [0, 0.05) is 13.1 Å². The van der Waals surface area contributed by atoms with E-state index in [2.05, 4.69) is 0 Å². The molecule has 1 rings (SSSR count). The number of carbonyl (C=O) groups excluding carboxylic acids is 2. The second-order valence-electron chi connectivity index (χ2n) is 4.35. The first-order valence-corrected chi connectivity index (χ1v) is 5.03. The van der Waals surface area contributed by atoms with Gasteiger partial charge in [0.05, 0.1) is 18.6 Å². The molecule has 0 aromatic heterocycles. The van der Waals surface area contributed by atoms with Crippen LogP contribution >= 0.6 is 0 Å². The molecule has 15 heavy (non-hydrogen) atoms. The molecule has 1 saturated heterocycles. The molecule has 0 aromatic carbocycles. The number of carbonyl (C=O) groups is 2. The third-order valence-electron chi connectivity index (χ3n) is 2.85. The quantitative estimate of drug-likeness (QED) is 0.643. The van der Waals surface area contributed by atoms with Gasteiger partial charge in [-0.3, -0.25) is 9.59 Å². The lowest BCUT2D eigenvalue weighted by Crippen LogP contribution is -2.42. The Morgan fingerprint density at radius 2 is 2.13 bits per heavy atom. The minimum absolute atomic E-state index is 0.109. The highest BCUT2D eigenvalue weighted by Gasteiger charge is 2.43. The molecule has 0 aromatic rings. The van der Waals surface area contributed by atoms with E-state index >= 15 is 0 Å². The van der Waals surface area contributed by atoms with Crippen molar-refractivity contribution >= 4 is 11.9 Å². The highest BCUT2D eigenvalue weighted by Crippen LogP contribution is 2.31. The number of nitrogens with zero attached hydrogens (tertiary/aromatic N) is 1. The van der Waals surface area contributed by atoms with E-state index in [4.69, 9.17) is 10.5 Å². The smallest absolute Gasteiger partial charge is 0.313 e. The zero-order chi connectivity index (χ0) is 11.6. The molecule has 2 atom stereocenters. The molecule has 1 aliphatic heterocycles. The summed E-state index contributed by atoms with van der Waals surface area (Å²) in [5.74, 6) is -0.370. The fourth-order valence-electron chi connectivity index (χ4n) is 1.85. The van der Waals surface area contributed by atoms with Crippen LogP contribution in [0.25, 0.3) is 0 Å². The number of hydrogen-bond donors (Lipinski definition) is 1. The average Bonchev–Trinajstić information content (AvgIpc) is 2.59. The number of nitrogens with two attached hydrogens (primary N) is 1. The Hall–Kier alpha value is -1.10. The van der Waals surface area contributed by atoms with Gasteiger partial charge in [-0.15, -0.1) is 0 Å².